The predicted molar refractivity (Wildman–Crippen MR) is 93.7 cm³/mol. The van der Waals surface area contributed by atoms with Crippen LogP contribution < -0.4 is 15.5 Å². The number of anilines is 2. The number of carbonyl (C=O) groups is 1. The van der Waals surface area contributed by atoms with Crippen LogP contribution in [0.25, 0.3) is 0 Å². The number of hydrogen-bond donors (Lipinski definition) is 2. The Bertz CT molecular complexity index is 843. The topological polar surface area (TPSA) is 57.3 Å². The Hall–Kier alpha value is -2.29. The van der Waals surface area contributed by atoms with Gasteiger partial charge in [0, 0.05) is 13.1 Å². The molecule has 1 fully saturated rings. The number of halogens is 3. The number of aryl methyl sites for hydroxylation is 1. The van der Waals surface area contributed by atoms with Crippen LogP contribution in [-0.4, -0.2) is 30.3 Å². The van der Waals surface area contributed by atoms with Gasteiger partial charge in [-0.3, -0.25) is 5.32 Å². The van der Waals surface area contributed by atoms with E-state index in [0.717, 1.165) is 42.8 Å². The third-order valence-electron chi connectivity index (χ3n) is 4.78. The number of thiazole rings is 1. The van der Waals surface area contributed by atoms with Crippen molar-refractivity contribution in [2.75, 3.05) is 23.3 Å². The molecule has 1 aromatic heterocycles. The molecule has 9 heteroatoms. The average molecular weight is 382 g/mol. The minimum atomic E-state index is -4.72. The van der Waals surface area contributed by atoms with Crippen molar-refractivity contribution in [3.05, 3.63) is 40.3 Å². The summed E-state index contributed by atoms with van der Waals surface area (Å²) in [6.45, 7) is 3.32. The van der Waals surface area contributed by atoms with Crippen molar-refractivity contribution >= 4 is 28.3 Å². The van der Waals surface area contributed by atoms with Gasteiger partial charge in [-0.05, 0) is 25.3 Å². The molecule has 26 heavy (non-hydrogen) atoms. The van der Waals surface area contributed by atoms with E-state index in [1.807, 2.05) is 4.90 Å². The number of aromatic nitrogens is 1. The fraction of sp³-hybridized carbons (Fsp3) is 0.412. The molecular formula is C17H17F3N4OS. The summed E-state index contributed by atoms with van der Waals surface area (Å²) in [6, 6.07) is 5.13. The van der Waals surface area contributed by atoms with Gasteiger partial charge in [-0.1, -0.05) is 41.2 Å². The summed E-state index contributed by atoms with van der Waals surface area (Å²) in [5.41, 5.74) is -1.79. The fourth-order valence-corrected chi connectivity index (χ4v) is 4.69. The smallest absolute Gasteiger partial charge is 0.348 e. The summed E-state index contributed by atoms with van der Waals surface area (Å²) in [5, 5.41) is 5.09. The molecule has 3 heterocycles. The van der Waals surface area contributed by atoms with Crippen LogP contribution in [0.15, 0.2) is 24.3 Å². The molecule has 0 saturated carbocycles. The Balaban J connectivity index is 1.92. The van der Waals surface area contributed by atoms with E-state index < -0.39 is 17.7 Å². The highest BCUT2D eigenvalue weighted by Gasteiger charge is 2.62. The summed E-state index contributed by atoms with van der Waals surface area (Å²) in [6.07, 6.45) is -2.75. The molecule has 2 aliphatic rings. The maximum Gasteiger partial charge on any atom is 0.421 e. The van der Waals surface area contributed by atoms with Gasteiger partial charge in [-0.25, -0.2) is 9.78 Å². The van der Waals surface area contributed by atoms with Gasteiger partial charge in [0.25, 0.3) is 0 Å². The minimum absolute atomic E-state index is 0.0152. The molecule has 1 saturated heterocycles. The molecule has 2 aliphatic heterocycles. The van der Waals surface area contributed by atoms with Gasteiger partial charge >= 0.3 is 12.2 Å². The lowest BCUT2D eigenvalue weighted by Gasteiger charge is -2.39. The molecule has 2 amide bonds. The highest BCUT2D eigenvalue weighted by Crippen LogP contribution is 2.51. The molecule has 4 rings (SSSR count). The Morgan fingerprint density at radius 3 is 2.46 bits per heavy atom. The molecule has 138 valence electrons. The predicted octanol–water partition coefficient (Wildman–Crippen LogP) is 3.99. The number of nitrogens with one attached hydrogen (secondary N) is 2. The monoisotopic (exact) mass is 382 g/mol. The normalized spacial score (nSPS) is 22.8. The second-order valence-electron chi connectivity index (χ2n) is 6.56. The lowest BCUT2D eigenvalue weighted by atomic mass is 9.86. The van der Waals surface area contributed by atoms with Crippen molar-refractivity contribution in [2.45, 2.75) is 31.5 Å². The first-order valence-corrected chi connectivity index (χ1v) is 9.12. The van der Waals surface area contributed by atoms with E-state index in [1.54, 1.807) is 19.1 Å². The number of alkyl halides is 3. The van der Waals surface area contributed by atoms with Crippen LogP contribution in [0, 0.1) is 6.92 Å². The summed E-state index contributed by atoms with van der Waals surface area (Å²) < 4.78 is 43.0. The first-order chi connectivity index (χ1) is 12.3. The summed E-state index contributed by atoms with van der Waals surface area (Å²) in [4.78, 5) is 18.3. The molecule has 5 nitrogen and oxygen atoms in total. The van der Waals surface area contributed by atoms with Crippen LogP contribution in [0.4, 0.5) is 28.9 Å². The minimum Gasteiger partial charge on any atom is -0.348 e. The van der Waals surface area contributed by atoms with Crippen LogP contribution >= 0.6 is 11.3 Å². The quantitative estimate of drug-likeness (QED) is 0.826. The zero-order valence-corrected chi connectivity index (χ0v) is 14.8. The maximum atomic E-state index is 14.3. The zero-order chi connectivity index (χ0) is 18.5. The van der Waals surface area contributed by atoms with Crippen LogP contribution in [0.5, 0.6) is 0 Å². The lowest BCUT2D eigenvalue weighted by molar-refractivity contribution is -0.183. The molecule has 1 atom stereocenters. The van der Waals surface area contributed by atoms with E-state index in [1.165, 1.54) is 12.1 Å². The standard InChI is InChI=1S/C17H17F3N4OS/c1-10-4-6-11(7-5-10)16(17(18,19)20)12-13(21-14(25)23-16)22-15(26-12)24-8-2-3-9-24/h4-7H,2-3,8-9H2,1H3,(H2,21,23,25). The summed E-state index contributed by atoms with van der Waals surface area (Å²) in [5.74, 6) is -0.0152. The number of carbonyl (C=O) groups excluding carboxylic acids is 1. The Kier molecular flexibility index (Phi) is 3.87. The first kappa shape index (κ1) is 17.1. The van der Waals surface area contributed by atoms with E-state index in [-0.39, 0.29) is 16.3 Å². The highest BCUT2D eigenvalue weighted by atomic mass is 32.1. The Morgan fingerprint density at radius 2 is 1.85 bits per heavy atom. The molecule has 2 N–H and O–H groups in total. The van der Waals surface area contributed by atoms with Gasteiger partial charge < -0.3 is 10.2 Å². The molecule has 0 aliphatic carbocycles. The van der Waals surface area contributed by atoms with Crippen LogP contribution in [0.2, 0.25) is 0 Å². The number of nitrogens with zero attached hydrogens (tertiary/aromatic N) is 2. The number of urea groups is 1. The van der Waals surface area contributed by atoms with Gasteiger partial charge in [0.1, 0.15) is 0 Å². The first-order valence-electron chi connectivity index (χ1n) is 8.30. The molecule has 0 spiro atoms. The molecular weight excluding hydrogens is 365 g/mol. The van der Waals surface area contributed by atoms with E-state index in [0.29, 0.717) is 5.13 Å². The van der Waals surface area contributed by atoms with Crippen LogP contribution in [0.3, 0.4) is 0 Å². The number of rotatable bonds is 2. The lowest BCUT2D eigenvalue weighted by Crippen LogP contribution is -2.60. The second-order valence-corrected chi connectivity index (χ2v) is 7.54. The third kappa shape index (κ3) is 2.53. The van der Waals surface area contributed by atoms with Crippen molar-refractivity contribution in [1.82, 2.24) is 10.3 Å². The molecule has 2 aromatic rings. The number of amides is 2. The van der Waals surface area contributed by atoms with E-state index in [4.69, 9.17) is 0 Å². The van der Waals surface area contributed by atoms with Gasteiger partial charge in [-0.15, -0.1) is 0 Å². The zero-order valence-electron chi connectivity index (χ0n) is 14.0. The van der Waals surface area contributed by atoms with Crippen LogP contribution in [-0.2, 0) is 5.54 Å². The van der Waals surface area contributed by atoms with E-state index in [2.05, 4.69) is 15.6 Å². The molecule has 0 radical (unpaired) electrons. The number of fused-ring (bicyclic) bond motifs is 1. The summed E-state index contributed by atoms with van der Waals surface area (Å²) >= 11 is 0.985. The van der Waals surface area contributed by atoms with E-state index in [9.17, 15) is 18.0 Å². The number of hydrogen-bond acceptors (Lipinski definition) is 4. The molecule has 0 bridgehead atoms. The largest absolute Gasteiger partial charge is 0.421 e. The van der Waals surface area contributed by atoms with Gasteiger partial charge in [0.05, 0.1) is 4.88 Å². The van der Waals surface area contributed by atoms with Gasteiger partial charge in [0.15, 0.2) is 10.9 Å². The highest BCUT2D eigenvalue weighted by molar-refractivity contribution is 7.16. The van der Waals surface area contributed by atoms with E-state index >= 15 is 0 Å². The van der Waals surface area contributed by atoms with Crippen molar-refractivity contribution in [1.29, 1.82) is 0 Å². The number of benzene rings is 1. The second kappa shape index (κ2) is 5.87. The van der Waals surface area contributed by atoms with Crippen LogP contribution in [0.1, 0.15) is 28.8 Å². The SMILES string of the molecule is Cc1ccc(C2(C(F)(F)F)NC(=O)Nc3nc(N4CCCC4)sc32)cc1. The summed E-state index contributed by atoms with van der Waals surface area (Å²) in [7, 11) is 0. The Labute approximate surface area is 152 Å². The Morgan fingerprint density at radius 1 is 1.19 bits per heavy atom. The van der Waals surface area contributed by atoms with Crippen molar-refractivity contribution in [3.63, 3.8) is 0 Å². The third-order valence-corrected chi connectivity index (χ3v) is 6.01. The van der Waals surface area contributed by atoms with Crippen molar-refractivity contribution < 1.29 is 18.0 Å². The maximum absolute atomic E-state index is 14.3. The van der Waals surface area contributed by atoms with Gasteiger partial charge in [0.2, 0.25) is 5.54 Å². The van der Waals surface area contributed by atoms with Crippen molar-refractivity contribution in [2.24, 2.45) is 0 Å². The average Bonchev–Trinajstić information content (AvgIpc) is 3.22. The van der Waals surface area contributed by atoms with Crippen molar-refractivity contribution in [3.8, 4) is 0 Å². The molecule has 1 aromatic carbocycles. The fourth-order valence-electron chi connectivity index (χ4n) is 3.43. The van der Waals surface area contributed by atoms with Gasteiger partial charge in [-0.2, -0.15) is 13.2 Å². The molecule has 1 unspecified atom stereocenters.